The van der Waals surface area contributed by atoms with Gasteiger partial charge in [-0.05, 0) is 73.9 Å². The van der Waals surface area contributed by atoms with E-state index in [1.54, 1.807) is 25.1 Å². The number of carbonyl (C=O) groups is 3. The molecule has 1 aromatic heterocycles. The highest BCUT2D eigenvalue weighted by atomic mass is 16.2. The van der Waals surface area contributed by atoms with E-state index in [-0.39, 0.29) is 5.57 Å². The van der Waals surface area contributed by atoms with Crippen LogP contribution in [0.5, 0.6) is 0 Å². The first kappa shape index (κ1) is 19.4. The molecule has 1 N–H and O–H groups in total. The molecule has 4 rings (SSSR count). The summed E-state index contributed by atoms with van der Waals surface area (Å²) >= 11 is 0. The van der Waals surface area contributed by atoms with Crippen molar-refractivity contribution < 1.29 is 14.4 Å². The molecular weight excluding hydrogens is 378 g/mol. The summed E-state index contributed by atoms with van der Waals surface area (Å²) in [6, 6.07) is 16.0. The second-order valence-electron chi connectivity index (χ2n) is 7.32. The van der Waals surface area contributed by atoms with Crippen molar-refractivity contribution in [3.05, 3.63) is 88.8 Å². The van der Waals surface area contributed by atoms with Crippen LogP contribution in [0, 0.1) is 20.8 Å². The number of imide groups is 2. The van der Waals surface area contributed by atoms with Crippen LogP contribution < -0.4 is 10.2 Å². The van der Waals surface area contributed by atoms with Gasteiger partial charge in [-0.15, -0.1) is 0 Å². The molecule has 3 aromatic rings. The number of rotatable bonds is 3. The molecule has 0 unspecified atom stereocenters. The molecule has 0 saturated carbocycles. The second-order valence-corrected chi connectivity index (χ2v) is 7.32. The first-order valence-electron chi connectivity index (χ1n) is 9.59. The third-order valence-corrected chi connectivity index (χ3v) is 5.30. The molecule has 4 amide bonds. The lowest BCUT2D eigenvalue weighted by atomic mass is 10.1. The van der Waals surface area contributed by atoms with Crippen molar-refractivity contribution >= 4 is 29.6 Å². The molecule has 1 aliphatic heterocycles. The van der Waals surface area contributed by atoms with Crippen LogP contribution >= 0.6 is 0 Å². The molecule has 0 spiro atoms. The van der Waals surface area contributed by atoms with E-state index in [1.807, 2.05) is 61.0 Å². The molecule has 1 fully saturated rings. The molecule has 0 aliphatic carbocycles. The maximum atomic E-state index is 13.1. The smallest absolute Gasteiger partial charge is 0.317 e. The Morgan fingerprint density at radius 2 is 1.60 bits per heavy atom. The number of aryl methyl sites for hydroxylation is 3. The summed E-state index contributed by atoms with van der Waals surface area (Å²) in [5, 5.41) is 2.27. The first-order valence-corrected chi connectivity index (χ1v) is 9.59. The van der Waals surface area contributed by atoms with Crippen LogP contribution in [0.25, 0.3) is 11.8 Å². The maximum Gasteiger partial charge on any atom is 0.335 e. The van der Waals surface area contributed by atoms with Gasteiger partial charge in [0, 0.05) is 17.6 Å². The molecular formula is C24H21N3O3. The van der Waals surface area contributed by atoms with E-state index in [1.165, 1.54) is 11.6 Å². The van der Waals surface area contributed by atoms with Crippen molar-refractivity contribution in [3.8, 4) is 5.69 Å². The van der Waals surface area contributed by atoms with E-state index in [9.17, 15) is 14.4 Å². The van der Waals surface area contributed by atoms with Crippen LogP contribution in [0.15, 0.2) is 66.4 Å². The van der Waals surface area contributed by atoms with Crippen LogP contribution in [0.3, 0.4) is 0 Å². The molecule has 150 valence electrons. The Morgan fingerprint density at radius 1 is 0.833 bits per heavy atom. The van der Waals surface area contributed by atoms with E-state index >= 15 is 0 Å². The molecule has 6 heteroatoms. The largest absolute Gasteiger partial charge is 0.335 e. The van der Waals surface area contributed by atoms with E-state index in [0.717, 1.165) is 21.7 Å². The van der Waals surface area contributed by atoms with Gasteiger partial charge in [-0.3, -0.25) is 14.9 Å². The number of nitrogens with zero attached hydrogens (tertiary/aromatic N) is 2. The minimum absolute atomic E-state index is 0.0957. The highest BCUT2D eigenvalue weighted by Crippen LogP contribution is 2.25. The Bertz CT molecular complexity index is 1220. The molecule has 0 radical (unpaired) electrons. The number of barbiturate groups is 1. The quantitative estimate of drug-likeness (QED) is 0.533. The Labute approximate surface area is 174 Å². The van der Waals surface area contributed by atoms with Gasteiger partial charge in [0.05, 0.1) is 5.69 Å². The summed E-state index contributed by atoms with van der Waals surface area (Å²) in [4.78, 5) is 39.1. The number of hydrogen-bond acceptors (Lipinski definition) is 3. The Hall–Kier alpha value is -3.93. The van der Waals surface area contributed by atoms with Crippen molar-refractivity contribution in [1.29, 1.82) is 0 Å². The molecule has 1 aliphatic rings. The van der Waals surface area contributed by atoms with Crippen molar-refractivity contribution in [1.82, 2.24) is 9.88 Å². The van der Waals surface area contributed by atoms with E-state index < -0.39 is 17.8 Å². The number of aromatic nitrogens is 1. The van der Waals surface area contributed by atoms with Gasteiger partial charge in [0.15, 0.2) is 0 Å². The monoisotopic (exact) mass is 399 g/mol. The number of para-hydroxylation sites is 1. The minimum Gasteiger partial charge on any atom is -0.317 e. The number of benzene rings is 2. The molecule has 6 nitrogen and oxygen atoms in total. The van der Waals surface area contributed by atoms with Gasteiger partial charge >= 0.3 is 6.03 Å². The maximum absolute atomic E-state index is 13.1. The van der Waals surface area contributed by atoms with E-state index in [4.69, 9.17) is 0 Å². The zero-order chi connectivity index (χ0) is 21.4. The lowest BCUT2D eigenvalue weighted by Crippen LogP contribution is -2.54. The summed E-state index contributed by atoms with van der Waals surface area (Å²) in [6.45, 7) is 5.88. The number of urea groups is 1. The Balaban J connectivity index is 1.77. The van der Waals surface area contributed by atoms with Gasteiger partial charge in [-0.2, -0.15) is 0 Å². The number of amides is 4. The number of hydrogen-bond donors (Lipinski definition) is 1. The third-order valence-electron chi connectivity index (χ3n) is 5.30. The van der Waals surface area contributed by atoms with Gasteiger partial charge in [0.2, 0.25) is 0 Å². The van der Waals surface area contributed by atoms with Crippen molar-refractivity contribution in [2.75, 3.05) is 4.90 Å². The molecule has 2 heterocycles. The molecule has 1 saturated heterocycles. The average molecular weight is 399 g/mol. The van der Waals surface area contributed by atoms with Gasteiger partial charge in [0.1, 0.15) is 5.57 Å². The lowest BCUT2D eigenvalue weighted by Gasteiger charge is -2.27. The molecule has 0 atom stereocenters. The lowest BCUT2D eigenvalue weighted by molar-refractivity contribution is -0.122. The SMILES string of the molecule is Cc1ccc(-n2cccc2/C=C2/C(=O)NC(=O)N(c3ccccc3C)C2=O)cc1C. The van der Waals surface area contributed by atoms with Crippen molar-refractivity contribution in [3.63, 3.8) is 0 Å². The van der Waals surface area contributed by atoms with E-state index in [0.29, 0.717) is 11.4 Å². The second kappa shape index (κ2) is 7.48. The van der Waals surface area contributed by atoms with Gasteiger partial charge in [-0.1, -0.05) is 24.3 Å². The Kier molecular flexibility index (Phi) is 4.83. The highest BCUT2D eigenvalue weighted by Gasteiger charge is 2.37. The normalized spacial score (nSPS) is 15.6. The summed E-state index contributed by atoms with van der Waals surface area (Å²) in [5.74, 6) is -1.35. The summed E-state index contributed by atoms with van der Waals surface area (Å²) in [6.07, 6.45) is 3.39. The fraction of sp³-hybridized carbons (Fsp3) is 0.125. The minimum atomic E-state index is -0.749. The van der Waals surface area contributed by atoms with Crippen LogP contribution in [-0.2, 0) is 9.59 Å². The zero-order valence-electron chi connectivity index (χ0n) is 17.0. The summed E-state index contributed by atoms with van der Waals surface area (Å²) in [7, 11) is 0. The van der Waals surface area contributed by atoms with Crippen LogP contribution in [0.1, 0.15) is 22.4 Å². The fourth-order valence-electron chi connectivity index (χ4n) is 3.46. The fourth-order valence-corrected chi connectivity index (χ4v) is 3.46. The standard InChI is InChI=1S/C24H21N3O3/c1-15-10-11-19(13-17(15)3)26-12-6-8-18(26)14-20-22(28)25-24(30)27(23(20)29)21-9-5-4-7-16(21)2/h4-14H,1-3H3,(H,25,28,30)/b20-14-. The van der Waals surface area contributed by atoms with Gasteiger partial charge in [-0.25, -0.2) is 9.69 Å². The zero-order valence-corrected chi connectivity index (χ0v) is 17.0. The van der Waals surface area contributed by atoms with Crippen LogP contribution in [0.4, 0.5) is 10.5 Å². The molecule has 30 heavy (non-hydrogen) atoms. The predicted molar refractivity (Wildman–Crippen MR) is 115 cm³/mol. The average Bonchev–Trinajstić information content (AvgIpc) is 3.17. The number of anilines is 1. The topological polar surface area (TPSA) is 71.4 Å². The predicted octanol–water partition coefficient (Wildman–Crippen LogP) is 4.07. The van der Waals surface area contributed by atoms with Gasteiger partial charge < -0.3 is 4.57 Å². The molecule has 2 aromatic carbocycles. The van der Waals surface area contributed by atoms with Crippen LogP contribution in [-0.4, -0.2) is 22.4 Å². The van der Waals surface area contributed by atoms with Crippen LogP contribution in [0.2, 0.25) is 0 Å². The van der Waals surface area contributed by atoms with Gasteiger partial charge in [0.25, 0.3) is 11.8 Å². The highest BCUT2D eigenvalue weighted by molar-refractivity contribution is 6.39. The first-order chi connectivity index (χ1) is 14.4. The summed E-state index contributed by atoms with van der Waals surface area (Å²) in [5.41, 5.74) is 5.02. The number of carbonyl (C=O) groups excluding carboxylic acids is 3. The van der Waals surface area contributed by atoms with E-state index in [2.05, 4.69) is 5.32 Å². The molecule has 0 bridgehead atoms. The Morgan fingerprint density at radius 3 is 2.33 bits per heavy atom. The third kappa shape index (κ3) is 3.33. The summed E-state index contributed by atoms with van der Waals surface area (Å²) < 4.78 is 1.90. The number of nitrogens with one attached hydrogen (secondary N) is 1. The van der Waals surface area contributed by atoms with Crippen molar-refractivity contribution in [2.45, 2.75) is 20.8 Å². The van der Waals surface area contributed by atoms with Crippen molar-refractivity contribution in [2.24, 2.45) is 0 Å².